The van der Waals surface area contributed by atoms with E-state index in [1.165, 1.54) is 0 Å². The van der Waals surface area contributed by atoms with Crippen LogP contribution in [0.2, 0.25) is 0 Å². The van der Waals surface area contributed by atoms with Gasteiger partial charge >= 0.3 is 0 Å². The molecule has 1 heterocycles. The van der Waals surface area contributed by atoms with E-state index in [9.17, 15) is 34.5 Å². The van der Waals surface area contributed by atoms with Crippen LogP contribution in [0.5, 0.6) is 5.75 Å². The molecular formula is C35H45N5O7. The molecule has 3 unspecified atom stereocenters. The molecule has 2 aromatic rings. The number of aromatic hydroxyl groups is 1. The first-order valence-electron chi connectivity index (χ1n) is 16.2. The standard InChI is InChI=1S/C35H45N5O7/c1-37(2)24-16-21(19-8-6-7-18(13-19)17-40-11-9-39(5)10-12-40)29(41)26-22(24)14-20-15-23-28(38(3)4)31(43)27(34(36)46)33(45)35(23,47)32(44)25(20)30(26)42/h6-8,13,16,20,23,25,27-28,31,41,43,47H,9-12,14-15,17H2,1-5H3,(H2,36,46)/t20-,23-,25?,27?,28-,31?,35-/m1/s1. The number of nitrogens with two attached hydrogens (primary N) is 1. The summed E-state index contributed by atoms with van der Waals surface area (Å²) in [5.41, 5.74) is 6.34. The first-order valence-corrected chi connectivity index (χ1v) is 16.2. The van der Waals surface area contributed by atoms with Gasteiger partial charge in [-0.3, -0.25) is 24.1 Å². The molecule has 1 amide bonds. The van der Waals surface area contributed by atoms with Crippen molar-refractivity contribution in [2.75, 3.05) is 66.3 Å². The van der Waals surface area contributed by atoms with Crippen LogP contribution in [0.3, 0.4) is 0 Å². The Balaban J connectivity index is 1.42. The van der Waals surface area contributed by atoms with Crippen LogP contribution in [0.1, 0.15) is 27.9 Å². The Morgan fingerprint density at radius 3 is 2.34 bits per heavy atom. The molecule has 252 valence electrons. The Labute approximate surface area is 274 Å². The van der Waals surface area contributed by atoms with Crippen molar-refractivity contribution in [2.45, 2.75) is 37.1 Å². The molecule has 12 nitrogen and oxygen atoms in total. The van der Waals surface area contributed by atoms with Gasteiger partial charge in [0.2, 0.25) is 5.91 Å². The number of benzene rings is 2. The fraction of sp³-hybridized carbons (Fsp3) is 0.543. The number of hydrogen-bond acceptors (Lipinski definition) is 11. The Kier molecular flexibility index (Phi) is 8.54. The lowest BCUT2D eigenvalue weighted by molar-refractivity contribution is -0.190. The van der Waals surface area contributed by atoms with Crippen molar-refractivity contribution in [2.24, 2.45) is 29.4 Å². The van der Waals surface area contributed by atoms with Gasteiger partial charge in [-0.15, -0.1) is 0 Å². The normalized spacial score (nSPS) is 31.4. The minimum Gasteiger partial charge on any atom is -0.507 e. The number of ketones is 3. The van der Waals surface area contributed by atoms with Crippen molar-refractivity contribution in [3.63, 3.8) is 0 Å². The molecule has 1 aliphatic heterocycles. The summed E-state index contributed by atoms with van der Waals surface area (Å²) < 4.78 is 0. The quantitative estimate of drug-likeness (QED) is 0.315. The number of nitrogens with zero attached hydrogens (tertiary/aromatic N) is 4. The van der Waals surface area contributed by atoms with Crippen molar-refractivity contribution in [1.82, 2.24) is 14.7 Å². The van der Waals surface area contributed by atoms with Crippen molar-refractivity contribution >= 4 is 28.9 Å². The van der Waals surface area contributed by atoms with Crippen molar-refractivity contribution in [3.8, 4) is 16.9 Å². The molecule has 6 rings (SSSR count). The number of Topliss-reactive ketones (excluding diaryl/α,β-unsaturated/α-hetero) is 3. The van der Waals surface area contributed by atoms with Gasteiger partial charge in [0.05, 0.1) is 17.6 Å². The summed E-state index contributed by atoms with van der Waals surface area (Å²) in [5, 5.41) is 34.8. The number of aliphatic hydroxyl groups excluding tert-OH is 1. The smallest absolute Gasteiger partial charge is 0.230 e. The number of fused-ring (bicyclic) bond motifs is 3. The summed E-state index contributed by atoms with van der Waals surface area (Å²) in [4.78, 5) is 62.8. The molecule has 0 spiro atoms. The highest BCUT2D eigenvalue weighted by molar-refractivity contribution is 6.26. The third-order valence-electron chi connectivity index (χ3n) is 11.0. The molecule has 0 radical (unpaired) electrons. The number of piperazine rings is 1. The molecule has 0 aromatic heterocycles. The predicted octanol–water partition coefficient (Wildman–Crippen LogP) is 0.139. The fourth-order valence-corrected chi connectivity index (χ4v) is 8.59. The fourth-order valence-electron chi connectivity index (χ4n) is 8.59. The van der Waals surface area contributed by atoms with Crippen LogP contribution in [-0.2, 0) is 27.3 Å². The maximum absolute atomic E-state index is 14.4. The number of rotatable bonds is 6. The van der Waals surface area contributed by atoms with E-state index >= 15 is 0 Å². The van der Waals surface area contributed by atoms with E-state index in [2.05, 4.69) is 16.8 Å². The van der Waals surface area contributed by atoms with Gasteiger partial charge in [0.15, 0.2) is 23.0 Å². The molecule has 7 atom stereocenters. The van der Waals surface area contributed by atoms with Crippen LogP contribution < -0.4 is 10.6 Å². The molecule has 12 heteroatoms. The van der Waals surface area contributed by atoms with Crippen molar-refractivity contribution in [1.29, 1.82) is 0 Å². The second-order valence-electron chi connectivity index (χ2n) is 14.3. The van der Waals surface area contributed by atoms with Gasteiger partial charge in [-0.2, -0.15) is 0 Å². The average Bonchev–Trinajstić information content (AvgIpc) is 3.00. The summed E-state index contributed by atoms with van der Waals surface area (Å²) in [5.74, 6) is -9.15. The number of phenolic OH excluding ortho intramolecular Hbond substituents is 1. The van der Waals surface area contributed by atoms with Crippen LogP contribution >= 0.6 is 0 Å². The van der Waals surface area contributed by atoms with E-state index in [1.807, 2.05) is 49.3 Å². The minimum atomic E-state index is -2.70. The van der Waals surface area contributed by atoms with E-state index in [0.29, 0.717) is 11.1 Å². The maximum Gasteiger partial charge on any atom is 0.230 e. The van der Waals surface area contributed by atoms with Gasteiger partial charge in [0.1, 0.15) is 11.7 Å². The number of phenols is 1. The van der Waals surface area contributed by atoms with Gasteiger partial charge in [0, 0.05) is 70.0 Å². The first kappa shape index (κ1) is 33.2. The Morgan fingerprint density at radius 1 is 1.04 bits per heavy atom. The molecule has 3 aliphatic carbocycles. The zero-order valence-electron chi connectivity index (χ0n) is 27.6. The number of hydrogen-bond donors (Lipinski definition) is 4. The zero-order chi connectivity index (χ0) is 34.1. The minimum absolute atomic E-state index is 0.00576. The zero-order valence-corrected chi connectivity index (χ0v) is 27.6. The Morgan fingerprint density at radius 2 is 1.72 bits per heavy atom. The van der Waals surface area contributed by atoms with E-state index < -0.39 is 64.7 Å². The van der Waals surface area contributed by atoms with Gasteiger partial charge in [-0.1, -0.05) is 18.2 Å². The Bertz CT molecular complexity index is 1630. The monoisotopic (exact) mass is 647 g/mol. The van der Waals surface area contributed by atoms with E-state index in [4.69, 9.17) is 5.73 Å². The second kappa shape index (κ2) is 12.1. The van der Waals surface area contributed by atoms with E-state index in [0.717, 1.165) is 49.5 Å². The van der Waals surface area contributed by atoms with Crippen LogP contribution in [0.25, 0.3) is 11.1 Å². The molecule has 4 aliphatic rings. The molecule has 2 saturated carbocycles. The predicted molar refractivity (Wildman–Crippen MR) is 175 cm³/mol. The highest BCUT2D eigenvalue weighted by Crippen LogP contribution is 2.53. The van der Waals surface area contributed by atoms with E-state index in [1.54, 1.807) is 19.0 Å². The number of likely N-dealkylation sites (N-methyl/N-ethyl adjacent to an activating group) is 2. The average molecular weight is 648 g/mol. The number of amides is 1. The van der Waals surface area contributed by atoms with Gasteiger partial charge in [-0.25, -0.2) is 0 Å². The largest absolute Gasteiger partial charge is 0.507 e. The third-order valence-corrected chi connectivity index (χ3v) is 11.0. The van der Waals surface area contributed by atoms with E-state index in [-0.39, 0.29) is 24.2 Å². The first-order chi connectivity index (χ1) is 22.2. The summed E-state index contributed by atoms with van der Waals surface area (Å²) in [7, 11) is 9.07. The lowest BCUT2D eigenvalue weighted by Gasteiger charge is -2.55. The maximum atomic E-state index is 14.4. The van der Waals surface area contributed by atoms with Crippen LogP contribution in [0, 0.1) is 23.7 Å². The molecule has 3 fully saturated rings. The number of carbonyl (C=O) groups is 4. The highest BCUT2D eigenvalue weighted by atomic mass is 16.3. The van der Waals surface area contributed by atoms with Gasteiger partial charge < -0.3 is 35.8 Å². The summed E-state index contributed by atoms with van der Waals surface area (Å²) >= 11 is 0. The SMILES string of the molecule is CN1CCN(Cc2cccc(-c3cc(N(C)C)c4c(c3O)C(=O)C3C(=O)[C@@]5(O)C(=O)C(C(N)=O)C(O)[C@H](N(C)C)[C@H]5C[C@H]3C4)c2)CC1. The van der Waals surface area contributed by atoms with Crippen molar-refractivity contribution in [3.05, 3.63) is 47.0 Å². The summed E-state index contributed by atoms with van der Waals surface area (Å²) in [6.07, 6.45) is -1.23. The number of anilines is 1. The number of aliphatic hydroxyl groups is 2. The summed E-state index contributed by atoms with van der Waals surface area (Å²) in [6, 6.07) is 8.76. The second-order valence-corrected chi connectivity index (χ2v) is 14.3. The van der Waals surface area contributed by atoms with Crippen molar-refractivity contribution < 1.29 is 34.5 Å². The molecule has 0 bridgehead atoms. The van der Waals surface area contributed by atoms with Gasteiger partial charge in [-0.05, 0) is 68.7 Å². The molecular weight excluding hydrogens is 602 g/mol. The van der Waals surface area contributed by atoms with Crippen LogP contribution in [-0.4, -0.2) is 132 Å². The molecule has 1 saturated heterocycles. The highest BCUT2D eigenvalue weighted by Gasteiger charge is 2.69. The van der Waals surface area contributed by atoms with Crippen LogP contribution in [0.4, 0.5) is 5.69 Å². The molecule has 47 heavy (non-hydrogen) atoms. The third kappa shape index (κ3) is 5.26. The summed E-state index contributed by atoms with van der Waals surface area (Å²) in [6.45, 7) is 4.62. The van der Waals surface area contributed by atoms with Gasteiger partial charge in [0.25, 0.3) is 0 Å². The number of carbonyl (C=O) groups excluding carboxylic acids is 4. The lowest BCUT2D eigenvalue weighted by atomic mass is 9.52. The topological polar surface area (TPSA) is 168 Å². The molecule has 2 aromatic carbocycles. The Hall–Kier alpha value is -3.68. The number of primary amides is 1. The lowest BCUT2D eigenvalue weighted by Crippen LogP contribution is -2.75. The van der Waals surface area contributed by atoms with Crippen LogP contribution in [0.15, 0.2) is 30.3 Å². The molecule has 5 N–H and O–H groups in total.